The van der Waals surface area contributed by atoms with Crippen molar-refractivity contribution in [1.82, 2.24) is 4.90 Å². The Morgan fingerprint density at radius 1 is 1.15 bits per heavy atom. The minimum Gasteiger partial charge on any atom is -0.482 e. The summed E-state index contributed by atoms with van der Waals surface area (Å²) in [5.41, 5.74) is -0.562. The second kappa shape index (κ2) is 9.53. The van der Waals surface area contributed by atoms with E-state index in [0.29, 0.717) is 5.02 Å². The first-order valence-corrected chi connectivity index (χ1v) is 8.67. The Morgan fingerprint density at radius 2 is 1.81 bits per heavy atom. The molecule has 2 aromatic rings. The van der Waals surface area contributed by atoms with Gasteiger partial charge in [-0.25, -0.2) is 8.78 Å². The smallest absolute Gasteiger partial charge is 0.260 e. The summed E-state index contributed by atoms with van der Waals surface area (Å²) in [5.74, 6) is -2.83. The minimum absolute atomic E-state index is 0.193. The van der Waals surface area contributed by atoms with Crippen LogP contribution in [-0.4, -0.2) is 36.4 Å². The van der Waals surface area contributed by atoms with Gasteiger partial charge in [-0.2, -0.15) is 0 Å². The van der Waals surface area contributed by atoms with Crippen LogP contribution >= 0.6 is 23.2 Å². The van der Waals surface area contributed by atoms with E-state index in [1.807, 2.05) is 0 Å². The van der Waals surface area contributed by atoms with Gasteiger partial charge in [0.2, 0.25) is 5.91 Å². The van der Waals surface area contributed by atoms with Crippen molar-refractivity contribution in [3.63, 3.8) is 0 Å². The molecule has 0 unspecified atom stereocenters. The Labute approximate surface area is 164 Å². The van der Waals surface area contributed by atoms with Crippen molar-refractivity contribution in [2.75, 3.05) is 25.0 Å². The standard InChI is InChI=1S/C18H16Cl2F2N2O3/c1-2-24(9-16(25)23-18-13(21)4-3-5-14(18)22)17(26)10-27-15-8-11(19)6-7-12(15)20/h3-8H,2,9-10H2,1H3,(H,23,25). The quantitative estimate of drug-likeness (QED) is 0.737. The van der Waals surface area contributed by atoms with Crippen molar-refractivity contribution in [3.8, 4) is 5.75 Å². The van der Waals surface area contributed by atoms with Crippen LogP contribution in [0.3, 0.4) is 0 Å². The number of halogens is 4. The molecule has 0 aliphatic carbocycles. The molecule has 0 saturated carbocycles. The molecule has 2 amide bonds. The molecular formula is C18H16Cl2F2N2O3. The highest BCUT2D eigenvalue weighted by Gasteiger charge is 2.19. The van der Waals surface area contributed by atoms with Crippen LogP contribution in [0, 0.1) is 11.6 Å². The van der Waals surface area contributed by atoms with Crippen LogP contribution in [0.2, 0.25) is 10.0 Å². The molecule has 2 aromatic carbocycles. The lowest BCUT2D eigenvalue weighted by atomic mass is 10.3. The zero-order valence-corrected chi connectivity index (χ0v) is 15.8. The molecule has 0 spiro atoms. The Bertz CT molecular complexity index is 829. The maximum absolute atomic E-state index is 13.6. The number of nitrogens with one attached hydrogen (secondary N) is 1. The Morgan fingerprint density at radius 3 is 2.44 bits per heavy atom. The van der Waals surface area contributed by atoms with Gasteiger partial charge in [0.05, 0.1) is 11.6 Å². The highest BCUT2D eigenvalue weighted by atomic mass is 35.5. The van der Waals surface area contributed by atoms with Crippen LogP contribution in [0.5, 0.6) is 5.75 Å². The molecule has 1 N–H and O–H groups in total. The summed E-state index contributed by atoms with van der Waals surface area (Å²) in [6.45, 7) is 1.07. The summed E-state index contributed by atoms with van der Waals surface area (Å²) in [6.07, 6.45) is 0. The van der Waals surface area contributed by atoms with E-state index in [1.165, 1.54) is 23.1 Å². The molecule has 0 fully saturated rings. The number of nitrogens with zero attached hydrogens (tertiary/aromatic N) is 1. The van der Waals surface area contributed by atoms with E-state index >= 15 is 0 Å². The molecule has 0 bridgehead atoms. The van der Waals surface area contributed by atoms with E-state index < -0.39 is 35.7 Å². The molecule has 0 radical (unpaired) electrons. The summed E-state index contributed by atoms with van der Waals surface area (Å²) in [7, 11) is 0. The first-order valence-electron chi connectivity index (χ1n) is 7.91. The van der Waals surface area contributed by atoms with Crippen LogP contribution in [-0.2, 0) is 9.59 Å². The van der Waals surface area contributed by atoms with Gasteiger partial charge in [-0.1, -0.05) is 29.3 Å². The monoisotopic (exact) mass is 416 g/mol. The number of carbonyl (C=O) groups excluding carboxylic acids is 2. The molecule has 5 nitrogen and oxygen atoms in total. The van der Waals surface area contributed by atoms with Crippen molar-refractivity contribution in [1.29, 1.82) is 0 Å². The largest absolute Gasteiger partial charge is 0.482 e. The van der Waals surface area contributed by atoms with Gasteiger partial charge in [-0.3, -0.25) is 9.59 Å². The van der Waals surface area contributed by atoms with Crippen molar-refractivity contribution < 1.29 is 23.1 Å². The average Bonchev–Trinajstić information content (AvgIpc) is 2.63. The molecule has 0 aliphatic heterocycles. The molecule has 2 rings (SSSR count). The average molecular weight is 417 g/mol. The topological polar surface area (TPSA) is 58.6 Å². The number of anilines is 1. The van der Waals surface area contributed by atoms with Gasteiger partial charge in [0.15, 0.2) is 6.61 Å². The van der Waals surface area contributed by atoms with Gasteiger partial charge >= 0.3 is 0 Å². The zero-order valence-electron chi connectivity index (χ0n) is 14.3. The number of amides is 2. The summed E-state index contributed by atoms with van der Waals surface area (Å²) in [4.78, 5) is 25.5. The Hall–Kier alpha value is -2.38. The van der Waals surface area contributed by atoms with E-state index in [0.717, 1.165) is 12.1 Å². The number of hydrogen-bond acceptors (Lipinski definition) is 3. The number of ether oxygens (including phenoxy) is 1. The van der Waals surface area contributed by atoms with Crippen molar-refractivity contribution in [2.24, 2.45) is 0 Å². The highest BCUT2D eigenvalue weighted by molar-refractivity contribution is 6.34. The Kier molecular flexibility index (Phi) is 7.38. The van der Waals surface area contributed by atoms with Crippen LogP contribution in [0.4, 0.5) is 14.5 Å². The maximum atomic E-state index is 13.6. The normalized spacial score (nSPS) is 10.4. The third-order valence-corrected chi connectivity index (χ3v) is 4.09. The Balaban J connectivity index is 1.96. The SMILES string of the molecule is CCN(CC(=O)Nc1c(F)cccc1F)C(=O)COc1cc(Cl)ccc1Cl. The van der Waals surface area contributed by atoms with E-state index in [-0.39, 0.29) is 23.9 Å². The van der Waals surface area contributed by atoms with E-state index in [1.54, 1.807) is 13.0 Å². The second-order valence-corrected chi connectivity index (χ2v) is 6.26. The molecule has 0 aliphatic rings. The van der Waals surface area contributed by atoms with Gasteiger partial charge in [0.1, 0.15) is 23.1 Å². The lowest BCUT2D eigenvalue weighted by Crippen LogP contribution is -2.40. The second-order valence-electron chi connectivity index (χ2n) is 5.42. The van der Waals surface area contributed by atoms with Gasteiger partial charge in [0.25, 0.3) is 5.91 Å². The predicted molar refractivity (Wildman–Crippen MR) is 99.2 cm³/mol. The molecule has 9 heteroatoms. The van der Waals surface area contributed by atoms with Crippen molar-refractivity contribution in [3.05, 3.63) is 58.1 Å². The zero-order chi connectivity index (χ0) is 20.0. The fourth-order valence-electron chi connectivity index (χ4n) is 2.16. The third-order valence-electron chi connectivity index (χ3n) is 3.54. The van der Waals surface area contributed by atoms with Crippen molar-refractivity contribution >= 4 is 40.7 Å². The molecule has 0 saturated heterocycles. The van der Waals surface area contributed by atoms with E-state index in [2.05, 4.69) is 5.32 Å². The predicted octanol–water partition coefficient (Wildman–Crippen LogP) is 4.14. The van der Waals surface area contributed by atoms with Gasteiger partial charge < -0.3 is 15.0 Å². The number of carbonyl (C=O) groups is 2. The minimum atomic E-state index is -0.906. The molecule has 0 heterocycles. The lowest BCUT2D eigenvalue weighted by Gasteiger charge is -2.21. The number of rotatable bonds is 7. The third kappa shape index (κ3) is 5.80. The van der Waals surface area contributed by atoms with Crippen molar-refractivity contribution in [2.45, 2.75) is 6.92 Å². The first kappa shape index (κ1) is 20.9. The van der Waals surface area contributed by atoms with Gasteiger partial charge in [0, 0.05) is 17.6 Å². The summed E-state index contributed by atoms with van der Waals surface area (Å²) in [6, 6.07) is 7.77. The van der Waals surface area contributed by atoms with Crippen LogP contribution < -0.4 is 10.1 Å². The van der Waals surface area contributed by atoms with E-state index in [9.17, 15) is 18.4 Å². The van der Waals surface area contributed by atoms with E-state index in [4.69, 9.17) is 27.9 Å². The molecule has 0 aromatic heterocycles. The first-order chi connectivity index (χ1) is 12.8. The van der Waals surface area contributed by atoms with Crippen LogP contribution in [0.25, 0.3) is 0 Å². The fraction of sp³-hybridized carbons (Fsp3) is 0.222. The molecule has 27 heavy (non-hydrogen) atoms. The van der Waals surface area contributed by atoms with Gasteiger partial charge in [-0.15, -0.1) is 0 Å². The van der Waals surface area contributed by atoms with Crippen LogP contribution in [0.15, 0.2) is 36.4 Å². The number of hydrogen-bond donors (Lipinski definition) is 1. The number of benzene rings is 2. The van der Waals surface area contributed by atoms with Crippen LogP contribution in [0.1, 0.15) is 6.92 Å². The lowest BCUT2D eigenvalue weighted by molar-refractivity contribution is -0.136. The maximum Gasteiger partial charge on any atom is 0.260 e. The fourth-order valence-corrected chi connectivity index (χ4v) is 2.50. The summed E-state index contributed by atoms with van der Waals surface area (Å²) < 4.78 is 32.5. The summed E-state index contributed by atoms with van der Waals surface area (Å²) >= 11 is 11.8. The highest BCUT2D eigenvalue weighted by Crippen LogP contribution is 2.27. The molecular weight excluding hydrogens is 401 g/mol. The van der Waals surface area contributed by atoms with Gasteiger partial charge in [-0.05, 0) is 31.2 Å². The summed E-state index contributed by atoms with van der Waals surface area (Å²) in [5, 5.41) is 2.80. The number of likely N-dealkylation sites (N-methyl/N-ethyl adjacent to an activating group) is 1. The molecule has 144 valence electrons. The number of para-hydroxylation sites is 1. The molecule has 0 atom stereocenters.